The van der Waals surface area contributed by atoms with Gasteiger partial charge in [0, 0.05) is 24.7 Å². The van der Waals surface area contributed by atoms with Gasteiger partial charge in [-0.05, 0) is 31.0 Å². The molecule has 1 atom stereocenters. The van der Waals surface area contributed by atoms with Crippen LogP contribution in [0.15, 0.2) is 24.3 Å². The highest BCUT2D eigenvalue weighted by Gasteiger charge is 2.24. The van der Waals surface area contributed by atoms with Crippen LogP contribution >= 0.6 is 0 Å². The number of amides is 2. The van der Waals surface area contributed by atoms with Gasteiger partial charge in [0.2, 0.25) is 0 Å². The van der Waals surface area contributed by atoms with Crippen LogP contribution in [0.5, 0.6) is 0 Å². The quantitative estimate of drug-likeness (QED) is 0.852. The molecule has 0 radical (unpaired) electrons. The van der Waals surface area contributed by atoms with E-state index < -0.39 is 6.09 Å². The van der Waals surface area contributed by atoms with Crippen molar-refractivity contribution in [3.8, 4) is 6.07 Å². The predicted octanol–water partition coefficient (Wildman–Crippen LogP) is 1.43. The number of nitrogens with zero attached hydrogens (tertiary/aromatic N) is 2. The Morgan fingerprint density at radius 1 is 1.45 bits per heavy atom. The highest BCUT2D eigenvalue weighted by molar-refractivity contribution is 5.94. The minimum Gasteiger partial charge on any atom is -0.465 e. The number of carbonyl (C=O) groups is 2. The van der Waals surface area contributed by atoms with Crippen molar-refractivity contribution in [2.45, 2.75) is 18.9 Å². The number of benzene rings is 1. The molecular formula is C14H15N3O3. The lowest BCUT2D eigenvalue weighted by atomic mass is 10.0. The normalized spacial score (nSPS) is 18.1. The van der Waals surface area contributed by atoms with E-state index in [1.807, 2.05) is 6.07 Å². The van der Waals surface area contributed by atoms with Crippen molar-refractivity contribution in [2.75, 3.05) is 13.1 Å². The van der Waals surface area contributed by atoms with E-state index >= 15 is 0 Å². The van der Waals surface area contributed by atoms with Crippen LogP contribution in [0.4, 0.5) is 4.79 Å². The number of hydrogen-bond donors (Lipinski definition) is 2. The topological polar surface area (TPSA) is 93.4 Å². The Labute approximate surface area is 116 Å². The van der Waals surface area contributed by atoms with Gasteiger partial charge in [0.15, 0.2) is 0 Å². The van der Waals surface area contributed by atoms with Gasteiger partial charge in [0.1, 0.15) is 0 Å². The summed E-state index contributed by atoms with van der Waals surface area (Å²) in [5, 5.41) is 20.6. The summed E-state index contributed by atoms with van der Waals surface area (Å²) in [4.78, 5) is 24.3. The number of carboxylic acid groups (broad SMARTS) is 1. The van der Waals surface area contributed by atoms with E-state index in [9.17, 15) is 9.59 Å². The first-order valence-corrected chi connectivity index (χ1v) is 6.39. The first-order valence-electron chi connectivity index (χ1n) is 6.39. The molecule has 2 amide bonds. The fourth-order valence-electron chi connectivity index (χ4n) is 2.27. The number of nitriles is 1. The largest absolute Gasteiger partial charge is 0.465 e. The number of nitrogens with one attached hydrogen (secondary N) is 1. The Balaban J connectivity index is 2.00. The first kappa shape index (κ1) is 13.9. The number of likely N-dealkylation sites (tertiary alicyclic amines) is 1. The molecule has 0 saturated carbocycles. The SMILES string of the molecule is N#Cc1cccc(C(=O)N[C@H]2CCCN(C(=O)O)C2)c1. The Hall–Kier alpha value is -2.55. The van der Waals surface area contributed by atoms with E-state index in [-0.39, 0.29) is 11.9 Å². The molecule has 20 heavy (non-hydrogen) atoms. The summed E-state index contributed by atoms with van der Waals surface area (Å²) in [5.74, 6) is -0.278. The highest BCUT2D eigenvalue weighted by Crippen LogP contribution is 2.11. The van der Waals surface area contributed by atoms with E-state index in [2.05, 4.69) is 5.32 Å². The number of rotatable bonds is 2. The van der Waals surface area contributed by atoms with Gasteiger partial charge in [0.05, 0.1) is 11.6 Å². The smallest absolute Gasteiger partial charge is 0.407 e. The molecule has 0 spiro atoms. The van der Waals surface area contributed by atoms with Crippen LogP contribution in [0.2, 0.25) is 0 Å². The monoisotopic (exact) mass is 273 g/mol. The predicted molar refractivity (Wildman–Crippen MR) is 71.2 cm³/mol. The molecule has 0 unspecified atom stereocenters. The van der Waals surface area contributed by atoms with Crippen molar-refractivity contribution in [3.63, 3.8) is 0 Å². The molecule has 6 nitrogen and oxygen atoms in total. The van der Waals surface area contributed by atoms with Gasteiger partial charge in [0.25, 0.3) is 5.91 Å². The lowest BCUT2D eigenvalue weighted by Gasteiger charge is -2.31. The molecule has 1 heterocycles. The Bertz CT molecular complexity index is 565. The van der Waals surface area contributed by atoms with Crippen molar-refractivity contribution in [3.05, 3.63) is 35.4 Å². The number of hydrogen-bond acceptors (Lipinski definition) is 3. The standard InChI is InChI=1S/C14H15N3O3/c15-8-10-3-1-4-11(7-10)13(18)16-12-5-2-6-17(9-12)14(19)20/h1,3-4,7,12H,2,5-6,9H2,(H,16,18)(H,19,20)/t12-/m0/s1. The molecule has 1 aliphatic heterocycles. The summed E-state index contributed by atoms with van der Waals surface area (Å²) in [6.07, 6.45) is 0.526. The molecule has 1 fully saturated rings. The van der Waals surface area contributed by atoms with Crippen molar-refractivity contribution in [2.24, 2.45) is 0 Å². The minimum absolute atomic E-state index is 0.182. The van der Waals surface area contributed by atoms with Crippen molar-refractivity contribution >= 4 is 12.0 Å². The van der Waals surface area contributed by atoms with Gasteiger partial charge >= 0.3 is 6.09 Å². The molecule has 1 saturated heterocycles. The maximum absolute atomic E-state index is 12.1. The summed E-state index contributed by atoms with van der Waals surface area (Å²) in [5.41, 5.74) is 0.838. The highest BCUT2D eigenvalue weighted by atomic mass is 16.4. The third kappa shape index (κ3) is 3.26. The third-order valence-corrected chi connectivity index (χ3v) is 3.28. The van der Waals surface area contributed by atoms with E-state index in [1.54, 1.807) is 18.2 Å². The van der Waals surface area contributed by atoms with Crippen molar-refractivity contribution < 1.29 is 14.7 Å². The van der Waals surface area contributed by atoms with Gasteiger partial charge in [-0.1, -0.05) is 6.07 Å². The molecule has 6 heteroatoms. The fourth-order valence-corrected chi connectivity index (χ4v) is 2.27. The van der Waals surface area contributed by atoms with Gasteiger partial charge in [-0.15, -0.1) is 0 Å². The Kier molecular flexibility index (Phi) is 4.20. The third-order valence-electron chi connectivity index (χ3n) is 3.28. The maximum atomic E-state index is 12.1. The molecule has 2 rings (SSSR count). The fraction of sp³-hybridized carbons (Fsp3) is 0.357. The van der Waals surface area contributed by atoms with Crippen molar-refractivity contribution in [1.29, 1.82) is 5.26 Å². The van der Waals surface area contributed by atoms with Gasteiger partial charge < -0.3 is 15.3 Å². The second-order valence-corrected chi connectivity index (χ2v) is 4.73. The lowest BCUT2D eigenvalue weighted by Crippen LogP contribution is -2.49. The molecule has 2 N–H and O–H groups in total. The summed E-state index contributed by atoms with van der Waals surface area (Å²) >= 11 is 0. The van der Waals surface area contributed by atoms with Crippen LogP contribution in [0.1, 0.15) is 28.8 Å². The Morgan fingerprint density at radius 2 is 2.25 bits per heavy atom. The Morgan fingerprint density at radius 3 is 2.95 bits per heavy atom. The zero-order valence-electron chi connectivity index (χ0n) is 10.9. The summed E-state index contributed by atoms with van der Waals surface area (Å²) in [6, 6.07) is 8.23. The lowest BCUT2D eigenvalue weighted by molar-refractivity contribution is 0.0888. The van der Waals surface area contributed by atoms with E-state index in [0.29, 0.717) is 24.2 Å². The van der Waals surface area contributed by atoms with Crippen molar-refractivity contribution in [1.82, 2.24) is 10.2 Å². The summed E-state index contributed by atoms with van der Waals surface area (Å²) in [6.45, 7) is 0.810. The van der Waals surface area contributed by atoms with Crippen LogP contribution in [0, 0.1) is 11.3 Å². The molecule has 0 aliphatic carbocycles. The summed E-state index contributed by atoms with van der Waals surface area (Å²) < 4.78 is 0. The zero-order chi connectivity index (χ0) is 14.5. The van der Waals surface area contributed by atoms with Gasteiger partial charge in [-0.25, -0.2) is 4.79 Å². The number of carbonyl (C=O) groups excluding carboxylic acids is 1. The second-order valence-electron chi connectivity index (χ2n) is 4.73. The van der Waals surface area contributed by atoms with Gasteiger partial charge in [-0.2, -0.15) is 5.26 Å². The van der Waals surface area contributed by atoms with Crippen LogP contribution in [-0.4, -0.2) is 41.1 Å². The molecule has 0 aromatic heterocycles. The van der Waals surface area contributed by atoms with E-state index in [0.717, 1.165) is 12.8 Å². The number of piperidine rings is 1. The summed E-state index contributed by atoms with van der Waals surface area (Å²) in [7, 11) is 0. The zero-order valence-corrected chi connectivity index (χ0v) is 10.9. The van der Waals surface area contributed by atoms with E-state index in [4.69, 9.17) is 10.4 Å². The molecule has 104 valence electrons. The maximum Gasteiger partial charge on any atom is 0.407 e. The average molecular weight is 273 g/mol. The molecular weight excluding hydrogens is 258 g/mol. The second kappa shape index (κ2) is 6.06. The first-order chi connectivity index (χ1) is 9.60. The molecule has 1 aliphatic rings. The van der Waals surface area contributed by atoms with Crippen LogP contribution < -0.4 is 5.32 Å². The molecule has 1 aromatic carbocycles. The van der Waals surface area contributed by atoms with Crippen LogP contribution in [-0.2, 0) is 0 Å². The molecule has 1 aromatic rings. The van der Waals surface area contributed by atoms with Crippen LogP contribution in [0.25, 0.3) is 0 Å². The van der Waals surface area contributed by atoms with E-state index in [1.165, 1.54) is 11.0 Å². The minimum atomic E-state index is -0.963. The van der Waals surface area contributed by atoms with Crippen LogP contribution in [0.3, 0.4) is 0 Å². The molecule has 0 bridgehead atoms. The van der Waals surface area contributed by atoms with Gasteiger partial charge in [-0.3, -0.25) is 4.79 Å². The average Bonchev–Trinajstić information content (AvgIpc) is 2.47.